The Labute approximate surface area is 118 Å². The quantitative estimate of drug-likeness (QED) is 0.700. The first-order chi connectivity index (χ1) is 9.88. The Morgan fingerprint density at radius 1 is 1.24 bits per heavy atom. The van der Waals surface area contributed by atoms with E-state index >= 15 is 0 Å². The van der Waals surface area contributed by atoms with Crippen molar-refractivity contribution in [2.24, 2.45) is 7.05 Å². The molecule has 0 spiro atoms. The Balaban J connectivity index is 2.29. The summed E-state index contributed by atoms with van der Waals surface area (Å²) in [5, 5.41) is 4.76. The molecule has 3 aromatic rings. The van der Waals surface area contributed by atoms with E-state index in [9.17, 15) is 13.2 Å². The number of hydrogen-bond acceptors (Lipinski definition) is 3. The first-order valence-corrected chi connectivity index (χ1v) is 6.12. The third kappa shape index (κ3) is 2.20. The minimum atomic E-state index is -4.47. The smallest absolute Gasteiger partial charge is 0.398 e. The van der Waals surface area contributed by atoms with Gasteiger partial charge in [0.25, 0.3) is 0 Å². The maximum atomic E-state index is 13.1. The number of hydrogen-bond donors (Lipinski definition) is 1. The fourth-order valence-corrected chi connectivity index (χ4v) is 2.28. The molecule has 108 valence electrons. The normalized spacial score (nSPS) is 12.0. The molecule has 2 N–H and O–H groups in total. The topological polar surface area (TPSA) is 56.7 Å². The average molecular weight is 292 g/mol. The summed E-state index contributed by atoms with van der Waals surface area (Å²) in [7, 11) is 1.70. The van der Waals surface area contributed by atoms with E-state index in [2.05, 4.69) is 10.1 Å². The minimum absolute atomic E-state index is 0.139. The van der Waals surface area contributed by atoms with Gasteiger partial charge in [-0.1, -0.05) is 0 Å². The maximum absolute atomic E-state index is 13.1. The Bertz CT molecular complexity index is 821. The van der Waals surface area contributed by atoms with Crippen LogP contribution in [0.1, 0.15) is 5.56 Å². The van der Waals surface area contributed by atoms with E-state index in [1.54, 1.807) is 24.0 Å². The van der Waals surface area contributed by atoms with Gasteiger partial charge in [-0.2, -0.15) is 18.3 Å². The summed E-state index contributed by atoms with van der Waals surface area (Å²) < 4.78 is 40.8. The summed E-state index contributed by atoms with van der Waals surface area (Å²) in [5.74, 6) is 0. The zero-order chi connectivity index (χ0) is 15.2. The van der Waals surface area contributed by atoms with Gasteiger partial charge < -0.3 is 5.73 Å². The number of nitrogens with zero attached hydrogens (tertiary/aromatic N) is 3. The van der Waals surface area contributed by atoms with Crippen LogP contribution < -0.4 is 5.73 Å². The van der Waals surface area contributed by atoms with Crippen molar-refractivity contribution in [1.29, 1.82) is 0 Å². The third-order valence-electron chi connectivity index (χ3n) is 3.29. The van der Waals surface area contributed by atoms with Gasteiger partial charge in [-0.3, -0.25) is 9.67 Å². The number of aryl methyl sites for hydroxylation is 1. The predicted octanol–water partition coefficient (Wildman–Crippen LogP) is 3.24. The summed E-state index contributed by atoms with van der Waals surface area (Å²) in [6.07, 6.45) is -1.56. The van der Waals surface area contributed by atoms with Crippen LogP contribution in [0.15, 0.2) is 36.7 Å². The van der Waals surface area contributed by atoms with E-state index in [1.165, 1.54) is 18.3 Å². The van der Waals surface area contributed by atoms with Crippen molar-refractivity contribution in [2.45, 2.75) is 6.18 Å². The summed E-state index contributed by atoms with van der Waals surface area (Å²) >= 11 is 0. The largest absolute Gasteiger partial charge is 0.418 e. The summed E-state index contributed by atoms with van der Waals surface area (Å²) in [5.41, 5.74) is 6.32. The van der Waals surface area contributed by atoms with Gasteiger partial charge in [0.2, 0.25) is 0 Å². The highest BCUT2D eigenvalue weighted by Crippen LogP contribution is 2.37. The van der Waals surface area contributed by atoms with Crippen LogP contribution in [-0.2, 0) is 13.2 Å². The van der Waals surface area contributed by atoms with Crippen LogP contribution in [0.25, 0.3) is 22.2 Å². The molecule has 4 nitrogen and oxygen atoms in total. The van der Waals surface area contributed by atoms with Crippen LogP contribution >= 0.6 is 0 Å². The second kappa shape index (κ2) is 4.47. The Hall–Kier alpha value is -2.57. The molecule has 0 unspecified atom stereocenters. The lowest BCUT2D eigenvalue weighted by Crippen LogP contribution is -2.08. The van der Waals surface area contributed by atoms with Crippen LogP contribution in [0.4, 0.5) is 18.9 Å². The number of aromatic nitrogens is 3. The van der Waals surface area contributed by atoms with E-state index in [0.717, 1.165) is 6.07 Å². The van der Waals surface area contributed by atoms with Crippen molar-refractivity contribution in [3.8, 4) is 11.3 Å². The molecule has 21 heavy (non-hydrogen) atoms. The van der Waals surface area contributed by atoms with Crippen molar-refractivity contribution in [1.82, 2.24) is 14.8 Å². The highest BCUT2D eigenvalue weighted by Gasteiger charge is 2.34. The van der Waals surface area contributed by atoms with Gasteiger partial charge in [0.15, 0.2) is 0 Å². The van der Waals surface area contributed by atoms with Crippen molar-refractivity contribution in [3.05, 3.63) is 42.2 Å². The molecule has 0 amide bonds. The SMILES string of the molecule is Cn1ncc2c(N)cc(-c3ncccc3C(F)(F)F)cc21. The number of rotatable bonds is 1. The lowest BCUT2D eigenvalue weighted by molar-refractivity contribution is -0.137. The van der Waals surface area contributed by atoms with E-state index < -0.39 is 11.7 Å². The summed E-state index contributed by atoms with van der Waals surface area (Å²) in [6.45, 7) is 0. The molecule has 0 atom stereocenters. The monoisotopic (exact) mass is 292 g/mol. The number of halogens is 3. The lowest BCUT2D eigenvalue weighted by Gasteiger charge is -2.12. The maximum Gasteiger partial charge on any atom is 0.418 e. The fraction of sp³-hybridized carbons (Fsp3) is 0.143. The summed E-state index contributed by atoms with van der Waals surface area (Å²) in [6, 6.07) is 5.36. The second-order valence-corrected chi connectivity index (χ2v) is 4.66. The molecule has 3 rings (SSSR count). The molecular weight excluding hydrogens is 281 g/mol. The lowest BCUT2D eigenvalue weighted by atomic mass is 10.0. The molecule has 0 saturated carbocycles. The van der Waals surface area contributed by atoms with Crippen molar-refractivity contribution >= 4 is 16.6 Å². The molecule has 0 radical (unpaired) electrons. The molecular formula is C14H11F3N4. The highest BCUT2D eigenvalue weighted by molar-refractivity contribution is 5.94. The Morgan fingerprint density at radius 2 is 2.00 bits per heavy atom. The summed E-state index contributed by atoms with van der Waals surface area (Å²) in [4.78, 5) is 3.87. The van der Waals surface area contributed by atoms with Gasteiger partial charge >= 0.3 is 6.18 Å². The van der Waals surface area contributed by atoms with Gasteiger partial charge in [0.05, 0.1) is 23.0 Å². The molecule has 2 heterocycles. The molecule has 0 saturated heterocycles. The predicted molar refractivity (Wildman–Crippen MR) is 73.4 cm³/mol. The molecule has 1 aromatic carbocycles. The number of anilines is 1. The number of fused-ring (bicyclic) bond motifs is 1. The Kier molecular flexibility index (Phi) is 2.86. The molecule has 0 aliphatic heterocycles. The van der Waals surface area contributed by atoms with Gasteiger partial charge in [0, 0.05) is 29.9 Å². The highest BCUT2D eigenvalue weighted by atomic mass is 19.4. The third-order valence-corrected chi connectivity index (χ3v) is 3.29. The molecule has 2 aromatic heterocycles. The Morgan fingerprint density at radius 3 is 2.71 bits per heavy atom. The van der Waals surface area contributed by atoms with E-state index in [1.807, 2.05) is 0 Å². The first-order valence-electron chi connectivity index (χ1n) is 6.12. The molecule has 7 heteroatoms. The fourth-order valence-electron chi connectivity index (χ4n) is 2.28. The van der Waals surface area contributed by atoms with Crippen LogP contribution in [0, 0.1) is 0 Å². The number of nitrogens with two attached hydrogens (primary N) is 1. The zero-order valence-corrected chi connectivity index (χ0v) is 11.0. The van der Waals surface area contributed by atoms with Crippen molar-refractivity contribution in [3.63, 3.8) is 0 Å². The number of alkyl halides is 3. The second-order valence-electron chi connectivity index (χ2n) is 4.66. The van der Waals surface area contributed by atoms with Gasteiger partial charge in [-0.15, -0.1) is 0 Å². The van der Waals surface area contributed by atoms with Crippen LogP contribution in [-0.4, -0.2) is 14.8 Å². The van der Waals surface area contributed by atoms with E-state index in [4.69, 9.17) is 5.73 Å². The average Bonchev–Trinajstić information content (AvgIpc) is 2.80. The van der Waals surface area contributed by atoms with Crippen LogP contribution in [0.3, 0.4) is 0 Å². The van der Waals surface area contributed by atoms with E-state index in [-0.39, 0.29) is 5.69 Å². The van der Waals surface area contributed by atoms with Gasteiger partial charge in [-0.25, -0.2) is 0 Å². The van der Waals surface area contributed by atoms with Crippen LogP contribution in [0.2, 0.25) is 0 Å². The van der Waals surface area contributed by atoms with E-state index in [0.29, 0.717) is 22.2 Å². The van der Waals surface area contributed by atoms with Gasteiger partial charge in [0.1, 0.15) is 0 Å². The number of pyridine rings is 1. The standard InChI is InChI=1S/C14H11F3N4/c1-21-12-6-8(5-11(18)9(12)7-20-21)13-10(14(15,16)17)3-2-4-19-13/h2-7H,18H2,1H3. The molecule has 0 aliphatic carbocycles. The van der Waals surface area contributed by atoms with Crippen molar-refractivity contribution in [2.75, 3.05) is 5.73 Å². The number of benzene rings is 1. The molecule has 0 aliphatic rings. The zero-order valence-electron chi connectivity index (χ0n) is 11.0. The first kappa shape index (κ1) is 13.4. The molecule has 0 bridgehead atoms. The van der Waals surface area contributed by atoms with Gasteiger partial charge in [-0.05, 0) is 24.3 Å². The number of nitrogen functional groups attached to an aromatic ring is 1. The van der Waals surface area contributed by atoms with Crippen LogP contribution in [0.5, 0.6) is 0 Å². The minimum Gasteiger partial charge on any atom is -0.398 e. The van der Waals surface area contributed by atoms with Crippen molar-refractivity contribution < 1.29 is 13.2 Å². The molecule has 0 fully saturated rings.